The number of likely N-dealkylation sites (tertiary alicyclic amines) is 1. The highest BCUT2D eigenvalue weighted by atomic mass is 16.7. The van der Waals surface area contributed by atoms with Crippen LogP contribution in [0.3, 0.4) is 0 Å². The van der Waals surface area contributed by atoms with Crippen molar-refractivity contribution >= 4 is 5.91 Å². The van der Waals surface area contributed by atoms with Gasteiger partial charge in [-0.2, -0.15) is 0 Å². The Morgan fingerprint density at radius 2 is 2.25 bits per heavy atom. The van der Waals surface area contributed by atoms with Crippen LogP contribution in [0.1, 0.15) is 12.0 Å². The third kappa shape index (κ3) is 2.72. The first-order valence-electron chi connectivity index (χ1n) is 7.07. The van der Waals surface area contributed by atoms with Gasteiger partial charge < -0.3 is 19.7 Å². The number of nitrogens with zero attached hydrogens (tertiary/aromatic N) is 1. The number of rotatable bonds is 4. The molecule has 1 N–H and O–H groups in total. The van der Waals surface area contributed by atoms with E-state index in [1.54, 1.807) is 0 Å². The summed E-state index contributed by atoms with van der Waals surface area (Å²) in [7, 11) is 1.96. The van der Waals surface area contributed by atoms with Crippen molar-refractivity contribution in [3.63, 3.8) is 0 Å². The predicted molar refractivity (Wildman–Crippen MR) is 74.9 cm³/mol. The zero-order chi connectivity index (χ0) is 13.9. The highest BCUT2D eigenvalue weighted by molar-refractivity contribution is 5.79. The van der Waals surface area contributed by atoms with Crippen molar-refractivity contribution in [2.45, 2.75) is 12.8 Å². The summed E-state index contributed by atoms with van der Waals surface area (Å²) in [6, 6.07) is 5.71. The smallest absolute Gasteiger partial charge is 0.231 e. The maximum absolute atomic E-state index is 12.3. The van der Waals surface area contributed by atoms with Crippen LogP contribution in [-0.4, -0.2) is 44.3 Å². The van der Waals surface area contributed by atoms with Gasteiger partial charge in [0.2, 0.25) is 12.7 Å². The molecule has 0 saturated carbocycles. The van der Waals surface area contributed by atoms with Crippen LogP contribution < -0.4 is 14.8 Å². The topological polar surface area (TPSA) is 50.8 Å². The van der Waals surface area contributed by atoms with E-state index < -0.39 is 0 Å². The summed E-state index contributed by atoms with van der Waals surface area (Å²) >= 11 is 0. The van der Waals surface area contributed by atoms with E-state index in [0.29, 0.717) is 12.3 Å². The van der Waals surface area contributed by atoms with E-state index in [1.807, 2.05) is 30.1 Å². The van der Waals surface area contributed by atoms with Crippen LogP contribution in [0.2, 0.25) is 0 Å². The zero-order valence-corrected chi connectivity index (χ0v) is 11.7. The van der Waals surface area contributed by atoms with Gasteiger partial charge in [-0.3, -0.25) is 4.79 Å². The van der Waals surface area contributed by atoms with Crippen LogP contribution in [0.5, 0.6) is 11.5 Å². The molecule has 2 aliphatic rings. The first kappa shape index (κ1) is 13.2. The monoisotopic (exact) mass is 276 g/mol. The van der Waals surface area contributed by atoms with Crippen molar-refractivity contribution in [1.82, 2.24) is 10.2 Å². The van der Waals surface area contributed by atoms with Crippen LogP contribution in [0.4, 0.5) is 0 Å². The number of amides is 1. The summed E-state index contributed by atoms with van der Waals surface area (Å²) in [5.74, 6) is 2.28. The Hall–Kier alpha value is -1.75. The summed E-state index contributed by atoms with van der Waals surface area (Å²) in [6.07, 6.45) is 1.52. The fourth-order valence-electron chi connectivity index (χ4n) is 2.85. The van der Waals surface area contributed by atoms with Crippen LogP contribution in [0, 0.1) is 5.92 Å². The van der Waals surface area contributed by atoms with Gasteiger partial charge >= 0.3 is 0 Å². The normalized spacial score (nSPS) is 20.4. The standard InChI is InChI=1S/C15H20N2O3/c1-16-8-12-4-5-17(9-12)15(18)7-11-2-3-13-14(6-11)20-10-19-13/h2-3,6,12,16H,4-5,7-10H2,1H3. The molecule has 20 heavy (non-hydrogen) atoms. The highest BCUT2D eigenvalue weighted by Crippen LogP contribution is 2.32. The predicted octanol–water partition coefficient (Wildman–Crippen LogP) is 1.03. The number of benzene rings is 1. The molecule has 1 saturated heterocycles. The van der Waals surface area contributed by atoms with E-state index in [2.05, 4.69) is 5.32 Å². The average Bonchev–Trinajstić information content (AvgIpc) is 3.07. The van der Waals surface area contributed by atoms with Crippen molar-refractivity contribution in [3.05, 3.63) is 23.8 Å². The maximum atomic E-state index is 12.3. The number of carbonyl (C=O) groups is 1. The lowest BCUT2D eigenvalue weighted by Crippen LogP contribution is -2.31. The Bertz CT molecular complexity index is 504. The first-order chi connectivity index (χ1) is 9.76. The van der Waals surface area contributed by atoms with Crippen LogP contribution in [0.25, 0.3) is 0 Å². The summed E-state index contributed by atoms with van der Waals surface area (Å²) in [5.41, 5.74) is 0.983. The molecule has 1 aromatic rings. The molecule has 0 aliphatic carbocycles. The molecular weight excluding hydrogens is 256 g/mol. The van der Waals surface area contributed by atoms with Gasteiger partial charge in [0.15, 0.2) is 11.5 Å². The molecule has 0 aromatic heterocycles. The molecule has 108 valence electrons. The second kappa shape index (κ2) is 5.71. The Kier molecular flexibility index (Phi) is 3.78. The van der Waals surface area contributed by atoms with E-state index in [0.717, 1.165) is 43.1 Å². The number of hydrogen-bond donors (Lipinski definition) is 1. The van der Waals surface area contributed by atoms with Crippen LogP contribution in [-0.2, 0) is 11.2 Å². The van der Waals surface area contributed by atoms with Gasteiger partial charge in [0, 0.05) is 13.1 Å². The first-order valence-corrected chi connectivity index (χ1v) is 7.07. The van der Waals surface area contributed by atoms with Crippen molar-refractivity contribution < 1.29 is 14.3 Å². The minimum atomic E-state index is 0.197. The molecule has 2 aliphatic heterocycles. The fourth-order valence-corrected chi connectivity index (χ4v) is 2.85. The minimum Gasteiger partial charge on any atom is -0.454 e. The van der Waals surface area contributed by atoms with Gasteiger partial charge in [0.1, 0.15) is 0 Å². The van der Waals surface area contributed by atoms with Gasteiger partial charge in [-0.1, -0.05) is 6.07 Å². The zero-order valence-electron chi connectivity index (χ0n) is 11.7. The quantitative estimate of drug-likeness (QED) is 0.892. The van der Waals surface area contributed by atoms with Crippen molar-refractivity contribution in [1.29, 1.82) is 0 Å². The number of hydrogen-bond acceptors (Lipinski definition) is 4. The molecule has 1 fully saturated rings. The summed E-state index contributed by atoms with van der Waals surface area (Å²) in [4.78, 5) is 14.3. The molecule has 0 spiro atoms. The second-order valence-electron chi connectivity index (χ2n) is 5.42. The molecule has 2 heterocycles. The number of nitrogens with one attached hydrogen (secondary N) is 1. The lowest BCUT2D eigenvalue weighted by atomic mass is 10.1. The van der Waals surface area contributed by atoms with Crippen LogP contribution >= 0.6 is 0 Å². The van der Waals surface area contributed by atoms with Gasteiger partial charge in [0.05, 0.1) is 6.42 Å². The van der Waals surface area contributed by atoms with Gasteiger partial charge in [-0.05, 0) is 43.6 Å². The molecule has 5 heteroatoms. The van der Waals surface area contributed by atoms with E-state index >= 15 is 0 Å². The molecule has 1 aromatic carbocycles. The minimum absolute atomic E-state index is 0.197. The molecule has 3 rings (SSSR count). The Morgan fingerprint density at radius 1 is 1.40 bits per heavy atom. The van der Waals surface area contributed by atoms with Crippen molar-refractivity contribution in [2.75, 3.05) is 33.5 Å². The summed E-state index contributed by atoms with van der Waals surface area (Å²) in [5, 5.41) is 3.18. The van der Waals surface area contributed by atoms with E-state index in [1.165, 1.54) is 0 Å². The number of carbonyl (C=O) groups excluding carboxylic acids is 1. The molecule has 1 atom stereocenters. The largest absolute Gasteiger partial charge is 0.454 e. The van der Waals surface area contributed by atoms with E-state index in [-0.39, 0.29) is 12.7 Å². The molecule has 1 unspecified atom stereocenters. The Morgan fingerprint density at radius 3 is 3.10 bits per heavy atom. The average molecular weight is 276 g/mol. The highest BCUT2D eigenvalue weighted by Gasteiger charge is 2.26. The van der Waals surface area contributed by atoms with Crippen molar-refractivity contribution in [3.8, 4) is 11.5 Å². The fraction of sp³-hybridized carbons (Fsp3) is 0.533. The van der Waals surface area contributed by atoms with Gasteiger partial charge in [-0.25, -0.2) is 0 Å². The summed E-state index contributed by atoms with van der Waals surface area (Å²) < 4.78 is 10.6. The van der Waals surface area contributed by atoms with Gasteiger partial charge in [0.25, 0.3) is 0 Å². The molecule has 5 nitrogen and oxygen atoms in total. The number of ether oxygens (including phenoxy) is 2. The Balaban J connectivity index is 1.59. The SMILES string of the molecule is CNCC1CCN(C(=O)Cc2ccc3c(c2)OCO3)C1. The molecule has 0 bridgehead atoms. The molecule has 0 radical (unpaired) electrons. The second-order valence-corrected chi connectivity index (χ2v) is 5.42. The lowest BCUT2D eigenvalue weighted by molar-refractivity contribution is -0.129. The molecular formula is C15H20N2O3. The molecule has 1 amide bonds. The van der Waals surface area contributed by atoms with Crippen LogP contribution in [0.15, 0.2) is 18.2 Å². The van der Waals surface area contributed by atoms with E-state index in [4.69, 9.17) is 9.47 Å². The Labute approximate surface area is 118 Å². The maximum Gasteiger partial charge on any atom is 0.231 e. The third-order valence-electron chi connectivity index (χ3n) is 3.92. The number of fused-ring (bicyclic) bond motifs is 1. The van der Waals surface area contributed by atoms with Gasteiger partial charge in [-0.15, -0.1) is 0 Å². The van der Waals surface area contributed by atoms with E-state index in [9.17, 15) is 4.79 Å². The summed E-state index contributed by atoms with van der Waals surface area (Å²) in [6.45, 7) is 2.98. The third-order valence-corrected chi connectivity index (χ3v) is 3.92. The lowest BCUT2D eigenvalue weighted by Gasteiger charge is -2.16. The van der Waals surface area contributed by atoms with Crippen molar-refractivity contribution in [2.24, 2.45) is 5.92 Å².